The van der Waals surface area contributed by atoms with Gasteiger partial charge in [-0.2, -0.15) is 21.0 Å². The first-order valence-electron chi connectivity index (χ1n) is 27.1. The number of halogens is 6. The Morgan fingerprint density at radius 3 is 1.07 bits per heavy atom. The van der Waals surface area contributed by atoms with E-state index >= 15 is 0 Å². The third-order valence-electron chi connectivity index (χ3n) is 16.8. The number of benzene rings is 6. The number of carbonyl (C=O) groups is 1. The molecule has 0 saturated carbocycles. The van der Waals surface area contributed by atoms with Gasteiger partial charge in [0.25, 0.3) is 6.47 Å². The summed E-state index contributed by atoms with van der Waals surface area (Å²) in [4.78, 5) is 11.2. The maximum absolute atomic E-state index is 12.7. The van der Waals surface area contributed by atoms with E-state index in [0.717, 1.165) is 60.1 Å². The molecular formula is C65H65BF5IK2N4O11S. The number of hydrogen-bond donors (Lipinski definition) is 4. The summed E-state index contributed by atoms with van der Waals surface area (Å²) in [6.07, 6.45) is 3.61. The second-order valence-corrected chi connectivity index (χ2v) is 25.6. The van der Waals surface area contributed by atoms with Crippen LogP contribution in [0.4, 0.5) is 22.0 Å². The third-order valence-corrected chi connectivity index (χ3v) is 16.8. The SMILES string of the molecule is C.CC1(C)CC2(CC(C)(C)c3cc(O)c(O)cc32)c2cc(O)c(O)cc21.COc1c(C#N)c2c(c(C#N)c1OC)Oc1cc3c(cc1O2)C(C)(C)CC31CC(C)(C)c2cc(C)c(C)cc21.N#Cc1c(F)c(F)c(C#N)c(F)c1F.O=CO[O-].S=BI.[2H]CF.[H-].[K+].[K+]. The monoisotopic (exact) mass is 1420 g/mol. The number of nitriles is 4. The fourth-order valence-corrected chi connectivity index (χ4v) is 13.6. The molecule has 5 aliphatic rings. The molecule has 11 rings (SSSR count). The fraction of sp³-hybridized carbons (Fsp3) is 0.369. The normalized spacial score (nSPS) is 16.8. The second kappa shape index (κ2) is 30.4. The molecule has 0 amide bonds. The Morgan fingerprint density at radius 2 is 0.800 bits per heavy atom. The van der Waals surface area contributed by atoms with E-state index in [1.165, 1.54) is 47.6 Å². The summed E-state index contributed by atoms with van der Waals surface area (Å²) >= 11 is 6.23. The first-order valence-corrected chi connectivity index (χ1v) is 28.1. The third kappa shape index (κ3) is 14.0. The van der Waals surface area contributed by atoms with Crippen molar-refractivity contribution < 1.29 is 182 Å². The van der Waals surface area contributed by atoms with Gasteiger partial charge in [0.1, 0.15) is 46.5 Å². The van der Waals surface area contributed by atoms with Gasteiger partial charge < -0.3 is 50.9 Å². The van der Waals surface area contributed by atoms with E-state index in [9.17, 15) is 52.9 Å². The summed E-state index contributed by atoms with van der Waals surface area (Å²) in [7, 11) is 1.87. The molecule has 90 heavy (non-hydrogen) atoms. The van der Waals surface area contributed by atoms with Crippen LogP contribution in [-0.2, 0) is 42.2 Å². The molecule has 4 N–H and O–H groups in total. The minimum Gasteiger partial charge on any atom is -1.00 e. The van der Waals surface area contributed by atoms with Crippen LogP contribution in [-0.4, -0.2) is 52.3 Å². The standard InChI is InChI=1S/C33H32N2O4.C21H24O4.C8F4N2.CH3F.CH2O3.CH4.BIS.2K.H/c1-17-9-21-23(10-18(17)2)33(15-31(21,3)4)16-32(5,6)22-11-25-26(12-24(22)33)39-30-20(14-35)28(37-8)27(36-7)19(13-34)29(30)38-25;1-19(2)9-21(13-7-17(24)15(22)5-11(13)19)10-20(3,4)12-6-16(23)18(25)8-14(12)21;9-5-3(1-13)6(10)8(12)4(2-14)7(5)11;1-2;2-1-4-3;;2-1-3;;;/h9-12H,15-16H2,1-8H3;5-8,22-25H,9-10H2,1-4H3;;1H3;1,3H;1H4;;;;/q;;;;;;;2*+1;-1/p-1/i;;;1D;;;;;;. The largest absolute Gasteiger partial charge is 1.00 e. The van der Waals surface area contributed by atoms with Gasteiger partial charge in [-0.3, -0.25) is 9.18 Å². The van der Waals surface area contributed by atoms with Crippen molar-refractivity contribution in [3.8, 4) is 81.8 Å². The number of hydrogen-bond acceptors (Lipinski definition) is 16. The Kier molecular flexibility index (Phi) is 26.2. The number of phenols is 4. The van der Waals surface area contributed by atoms with Crippen molar-refractivity contribution in [1.29, 1.82) is 21.0 Å². The Balaban J connectivity index is 0.000000467. The second-order valence-electron chi connectivity index (χ2n) is 23.9. The molecule has 0 aromatic heterocycles. The number of aryl methyl sites for hydroxylation is 2. The van der Waals surface area contributed by atoms with E-state index in [2.05, 4.69) is 123 Å². The summed E-state index contributed by atoms with van der Waals surface area (Å²) < 4.78 is 91.7. The van der Waals surface area contributed by atoms with E-state index in [0.29, 0.717) is 11.5 Å². The first kappa shape index (κ1) is 77.5. The molecule has 4 aliphatic carbocycles. The molecular weight excluding hydrogens is 1360 g/mol. The van der Waals surface area contributed by atoms with Crippen molar-refractivity contribution >= 4 is 44.9 Å². The van der Waals surface area contributed by atoms with E-state index in [-0.39, 0.29) is 208 Å². The first-order chi connectivity index (χ1) is 41.2. The van der Waals surface area contributed by atoms with Gasteiger partial charge in [0.05, 0.1) is 22.7 Å². The molecule has 0 saturated heterocycles. The summed E-state index contributed by atoms with van der Waals surface area (Å²) in [6, 6.07) is 21.9. The van der Waals surface area contributed by atoms with Crippen molar-refractivity contribution in [3.05, 3.63) is 150 Å². The molecule has 6 aromatic rings. The van der Waals surface area contributed by atoms with Crippen LogP contribution < -0.4 is 127 Å². The molecule has 1 aliphatic heterocycles. The van der Waals surface area contributed by atoms with Crippen LogP contribution in [0.25, 0.3) is 0 Å². The fourth-order valence-electron chi connectivity index (χ4n) is 13.6. The molecule has 0 bridgehead atoms. The maximum atomic E-state index is 12.7. The Morgan fingerprint density at radius 1 is 0.578 bits per heavy atom. The molecule has 25 heteroatoms. The number of alkyl halides is 1. The Hall–Kier alpha value is -4.95. The topological polar surface area (TPSA) is 262 Å². The van der Waals surface area contributed by atoms with Crippen LogP contribution in [0.2, 0.25) is 0 Å². The zero-order chi connectivity index (χ0) is 66.1. The molecule has 0 radical (unpaired) electrons. The smallest absolute Gasteiger partial charge is 1.00 e. The van der Waals surface area contributed by atoms with Crippen LogP contribution in [0.1, 0.15) is 169 Å². The molecule has 1 unspecified atom stereocenters. The number of ether oxygens (including phenoxy) is 4. The van der Waals surface area contributed by atoms with Crippen molar-refractivity contribution in [2.24, 2.45) is 0 Å². The minimum absolute atomic E-state index is 0. The van der Waals surface area contributed by atoms with Crippen molar-refractivity contribution in [1.82, 2.24) is 0 Å². The van der Waals surface area contributed by atoms with E-state index in [1.54, 1.807) is 28.3 Å². The van der Waals surface area contributed by atoms with Gasteiger partial charge in [0.15, 0.2) is 80.8 Å². The van der Waals surface area contributed by atoms with Gasteiger partial charge in [-0.1, -0.05) is 74.9 Å². The van der Waals surface area contributed by atoms with Crippen LogP contribution in [0.5, 0.6) is 57.5 Å². The van der Waals surface area contributed by atoms with Gasteiger partial charge in [-0.25, -0.2) is 17.6 Å². The average Bonchev–Trinajstić information content (AvgIpc) is 1.53. The quantitative estimate of drug-likeness (QED) is 0.0188. The zero-order valence-electron chi connectivity index (χ0n) is 53.4. The van der Waals surface area contributed by atoms with Gasteiger partial charge in [0, 0.05) is 10.8 Å². The Labute approximate surface area is 627 Å². The predicted octanol–water partition coefficient (Wildman–Crippen LogP) is 8.68. The number of methoxy groups -OCH3 is 2. The summed E-state index contributed by atoms with van der Waals surface area (Å²) in [5.74, 6) is -6.18. The molecule has 1 atom stereocenters. The van der Waals surface area contributed by atoms with Crippen molar-refractivity contribution in [2.45, 2.75) is 135 Å². The number of carbonyl (C=O) groups excluding carboxylic acids is 1. The number of phenolic OH excluding ortho intramolecular Hbond substituents is 4. The van der Waals surface area contributed by atoms with E-state index in [1.807, 2.05) is 22.4 Å². The van der Waals surface area contributed by atoms with Gasteiger partial charge >= 0.3 is 141 Å². The number of rotatable bonds is 3. The van der Waals surface area contributed by atoms with Gasteiger partial charge in [0.2, 0.25) is 0 Å². The maximum Gasteiger partial charge on any atom is 1.00 e. The van der Waals surface area contributed by atoms with Crippen LogP contribution in [0, 0.1) is 82.4 Å². The molecule has 1 heterocycles. The van der Waals surface area contributed by atoms with Crippen LogP contribution in [0.3, 0.4) is 0 Å². The van der Waals surface area contributed by atoms with Crippen LogP contribution >= 0.6 is 34.4 Å². The molecule has 15 nitrogen and oxygen atoms in total. The van der Waals surface area contributed by atoms with Crippen molar-refractivity contribution in [3.63, 3.8) is 0 Å². The molecule has 0 fully saturated rings. The zero-order valence-corrected chi connectivity index (χ0v) is 60.6. The molecule has 6 aromatic carbocycles. The van der Waals surface area contributed by atoms with E-state index in [4.69, 9.17) is 40.9 Å². The van der Waals surface area contributed by atoms with Crippen LogP contribution in [0.15, 0.2) is 48.5 Å². The van der Waals surface area contributed by atoms with Gasteiger partial charge in [-0.05, 0) is 153 Å². The predicted molar refractivity (Wildman–Crippen MR) is 328 cm³/mol. The number of nitrogens with zero attached hydrogens (tertiary/aromatic N) is 4. The molecule has 2 spiro atoms. The van der Waals surface area contributed by atoms with Crippen molar-refractivity contribution in [2.75, 3.05) is 21.4 Å². The average molecular weight is 1420 g/mol. The summed E-state index contributed by atoms with van der Waals surface area (Å²) in [5, 5.41) is 85.1. The number of fused-ring (bicyclic) bond motifs is 10. The van der Waals surface area contributed by atoms with E-state index < -0.39 is 41.5 Å². The Bertz CT molecular complexity index is 3880. The molecule has 464 valence electrons. The summed E-state index contributed by atoms with van der Waals surface area (Å²) in [5.41, 5.74) is 8.49. The van der Waals surface area contributed by atoms with Gasteiger partial charge in [-0.15, -0.1) is 0 Å². The summed E-state index contributed by atoms with van der Waals surface area (Å²) in [6.45, 7) is 22.0. The minimum atomic E-state index is -1.86. The number of aromatic hydroxyl groups is 4.